The quantitative estimate of drug-likeness (QED) is 0.558. The third-order valence-electron chi connectivity index (χ3n) is 3.45. The molecule has 1 amide bonds. The smallest absolute Gasteiger partial charge is 0.352 e. The van der Waals surface area contributed by atoms with Gasteiger partial charge in [-0.25, -0.2) is 0 Å². The second-order valence-corrected chi connectivity index (χ2v) is 4.80. The number of nitrogen functional groups attached to an aromatic ring is 1. The number of nitrogens with two attached hydrogens (primary N) is 1. The normalized spacial score (nSPS) is 11.6. The minimum absolute atomic E-state index is 0.0349. The van der Waals surface area contributed by atoms with Gasteiger partial charge in [-0.2, -0.15) is 13.2 Å². The number of hydrogen-bond donors (Lipinski definition) is 3. The Balaban J connectivity index is 2.91. The third kappa shape index (κ3) is 4.63. The minimum atomic E-state index is -4.58. The maximum Gasteiger partial charge on any atom is 0.418 e. The van der Waals surface area contributed by atoms with E-state index < -0.39 is 17.6 Å². The zero-order valence-corrected chi connectivity index (χ0v) is 12.1. The summed E-state index contributed by atoms with van der Waals surface area (Å²) in [7, 11) is 0. The first-order valence-electron chi connectivity index (χ1n) is 6.79. The average molecular weight is 303 g/mol. The summed E-state index contributed by atoms with van der Waals surface area (Å²) >= 11 is 0. The van der Waals surface area contributed by atoms with Crippen molar-refractivity contribution in [2.24, 2.45) is 11.8 Å². The Bertz CT molecular complexity index is 485. The van der Waals surface area contributed by atoms with E-state index in [1.165, 1.54) is 6.07 Å². The summed E-state index contributed by atoms with van der Waals surface area (Å²) in [6, 6.07) is 3.26. The van der Waals surface area contributed by atoms with Gasteiger partial charge in [0.25, 0.3) is 5.91 Å². The van der Waals surface area contributed by atoms with Crippen molar-refractivity contribution in [2.45, 2.75) is 32.9 Å². The number of amides is 1. The Morgan fingerprint density at radius 2 is 1.90 bits per heavy atom. The molecule has 0 bridgehead atoms. The van der Waals surface area contributed by atoms with Crippen molar-refractivity contribution in [1.82, 2.24) is 5.32 Å². The summed E-state index contributed by atoms with van der Waals surface area (Å²) < 4.78 is 38.6. The number of halogens is 3. The molecule has 0 heterocycles. The van der Waals surface area contributed by atoms with Gasteiger partial charge in [0.2, 0.25) is 0 Å². The zero-order valence-electron chi connectivity index (χ0n) is 12.1. The molecule has 0 aromatic heterocycles. The van der Waals surface area contributed by atoms with Crippen molar-refractivity contribution in [1.29, 1.82) is 0 Å². The molecule has 21 heavy (non-hydrogen) atoms. The molecule has 1 rings (SSSR count). The molecule has 0 unspecified atom stereocenters. The second-order valence-electron chi connectivity index (χ2n) is 4.80. The number of alkyl halides is 3. The molecule has 1 aromatic rings. The molecule has 1 aromatic carbocycles. The lowest BCUT2D eigenvalue weighted by Gasteiger charge is -2.15. The summed E-state index contributed by atoms with van der Waals surface area (Å²) in [4.78, 5) is 11.9. The summed E-state index contributed by atoms with van der Waals surface area (Å²) in [6.45, 7) is 4.46. The van der Waals surface area contributed by atoms with Crippen molar-refractivity contribution >= 4 is 11.6 Å². The van der Waals surface area contributed by atoms with Gasteiger partial charge in [0, 0.05) is 12.1 Å². The van der Waals surface area contributed by atoms with Crippen LogP contribution in [0.1, 0.15) is 42.6 Å². The lowest BCUT2D eigenvalue weighted by atomic mass is 10.0. The molecule has 0 aliphatic heterocycles. The molecular weight excluding hydrogens is 283 g/mol. The highest BCUT2D eigenvalue weighted by molar-refractivity contribution is 5.95. The van der Waals surface area contributed by atoms with E-state index in [1.54, 1.807) is 0 Å². The Morgan fingerprint density at radius 3 is 2.38 bits per heavy atom. The maximum atomic E-state index is 12.9. The van der Waals surface area contributed by atoms with Crippen LogP contribution >= 0.6 is 0 Å². The molecule has 4 N–H and O–H groups in total. The highest BCUT2D eigenvalue weighted by Gasteiger charge is 2.34. The molecule has 0 saturated heterocycles. The van der Waals surface area contributed by atoms with Gasteiger partial charge in [-0.1, -0.05) is 26.7 Å². The molecule has 118 valence electrons. The molecule has 0 aliphatic rings. The Hall–Kier alpha value is -1.76. The molecule has 0 saturated carbocycles. The van der Waals surface area contributed by atoms with E-state index in [9.17, 15) is 18.0 Å². The first-order valence-corrected chi connectivity index (χ1v) is 6.79. The van der Waals surface area contributed by atoms with Crippen LogP contribution in [0.25, 0.3) is 0 Å². The first kappa shape index (κ1) is 17.3. The molecule has 0 spiro atoms. The number of carbonyl (C=O) groups excluding carboxylic acids is 1. The van der Waals surface area contributed by atoms with Gasteiger partial charge in [0.15, 0.2) is 0 Å². The number of benzene rings is 1. The number of carbonyl (C=O) groups is 1. The maximum absolute atomic E-state index is 12.9. The predicted octanol–water partition coefficient (Wildman–Crippen LogP) is 3.16. The van der Waals surface area contributed by atoms with E-state index >= 15 is 0 Å². The Morgan fingerprint density at radius 1 is 1.29 bits per heavy atom. The SMILES string of the molecule is CCC(CC)CNC(=O)c1ccc(NN)c(C(F)(F)F)c1. The van der Waals surface area contributed by atoms with Crippen LogP contribution in [-0.2, 0) is 6.18 Å². The fourth-order valence-corrected chi connectivity index (χ4v) is 1.96. The van der Waals surface area contributed by atoms with E-state index in [2.05, 4.69) is 5.32 Å². The van der Waals surface area contributed by atoms with Crippen molar-refractivity contribution in [3.05, 3.63) is 29.3 Å². The predicted molar refractivity (Wildman–Crippen MR) is 75.7 cm³/mol. The fraction of sp³-hybridized carbons (Fsp3) is 0.500. The van der Waals surface area contributed by atoms with Crippen LogP contribution in [0.5, 0.6) is 0 Å². The van der Waals surface area contributed by atoms with Gasteiger partial charge in [-0.15, -0.1) is 0 Å². The van der Waals surface area contributed by atoms with Crippen molar-refractivity contribution < 1.29 is 18.0 Å². The number of rotatable bonds is 6. The summed E-state index contributed by atoms with van der Waals surface area (Å²) in [5.74, 6) is 4.86. The Labute approximate surface area is 121 Å². The van der Waals surface area contributed by atoms with Crippen LogP contribution in [0.3, 0.4) is 0 Å². The molecule has 7 heteroatoms. The number of anilines is 1. The average Bonchev–Trinajstić information content (AvgIpc) is 2.46. The number of hydrogen-bond acceptors (Lipinski definition) is 3. The summed E-state index contributed by atoms with van der Waals surface area (Å²) in [5.41, 5.74) is 0.727. The van der Waals surface area contributed by atoms with Gasteiger partial charge in [0.1, 0.15) is 0 Å². The molecule has 0 atom stereocenters. The van der Waals surface area contributed by atoms with Gasteiger partial charge >= 0.3 is 6.18 Å². The summed E-state index contributed by atoms with van der Waals surface area (Å²) in [5, 5.41) is 2.66. The van der Waals surface area contributed by atoms with Crippen LogP contribution < -0.4 is 16.6 Å². The van der Waals surface area contributed by atoms with Crippen molar-refractivity contribution in [3.8, 4) is 0 Å². The Kier molecular flexibility index (Phi) is 6.02. The van der Waals surface area contributed by atoms with Crippen LogP contribution in [-0.4, -0.2) is 12.5 Å². The van der Waals surface area contributed by atoms with Crippen LogP contribution in [0, 0.1) is 5.92 Å². The zero-order chi connectivity index (χ0) is 16.0. The molecule has 0 radical (unpaired) electrons. The van der Waals surface area contributed by atoms with Crippen molar-refractivity contribution in [2.75, 3.05) is 12.0 Å². The van der Waals surface area contributed by atoms with E-state index in [0.29, 0.717) is 12.5 Å². The van der Waals surface area contributed by atoms with Crippen LogP contribution in [0.4, 0.5) is 18.9 Å². The number of hydrazine groups is 1. The van der Waals surface area contributed by atoms with E-state index in [0.717, 1.165) is 25.0 Å². The van der Waals surface area contributed by atoms with Gasteiger partial charge in [0.05, 0.1) is 11.3 Å². The van der Waals surface area contributed by atoms with Crippen LogP contribution in [0.2, 0.25) is 0 Å². The largest absolute Gasteiger partial charge is 0.418 e. The third-order valence-corrected chi connectivity index (χ3v) is 3.45. The van der Waals surface area contributed by atoms with Crippen LogP contribution in [0.15, 0.2) is 18.2 Å². The fourth-order valence-electron chi connectivity index (χ4n) is 1.96. The van der Waals surface area contributed by atoms with Crippen molar-refractivity contribution in [3.63, 3.8) is 0 Å². The van der Waals surface area contributed by atoms with E-state index in [-0.39, 0.29) is 11.3 Å². The van der Waals surface area contributed by atoms with Gasteiger partial charge < -0.3 is 10.7 Å². The summed E-state index contributed by atoms with van der Waals surface area (Å²) in [6.07, 6.45) is -2.77. The van der Waals surface area contributed by atoms with E-state index in [1.807, 2.05) is 19.3 Å². The first-order chi connectivity index (χ1) is 9.83. The van der Waals surface area contributed by atoms with Gasteiger partial charge in [-0.05, 0) is 24.1 Å². The standard InChI is InChI=1S/C14H20F3N3O/c1-3-9(4-2)8-19-13(21)10-5-6-12(20-18)11(7-10)14(15,16)17/h5-7,9,20H,3-4,8,18H2,1-2H3,(H,19,21). The monoisotopic (exact) mass is 303 g/mol. The molecule has 0 aliphatic carbocycles. The topological polar surface area (TPSA) is 67.2 Å². The number of nitrogens with one attached hydrogen (secondary N) is 2. The second kappa shape index (κ2) is 7.31. The van der Waals surface area contributed by atoms with E-state index in [4.69, 9.17) is 5.84 Å². The molecular formula is C14H20F3N3O. The highest BCUT2D eigenvalue weighted by Crippen LogP contribution is 2.35. The lowest BCUT2D eigenvalue weighted by molar-refractivity contribution is -0.137. The lowest BCUT2D eigenvalue weighted by Crippen LogP contribution is -2.29. The minimum Gasteiger partial charge on any atom is -0.352 e. The molecule has 0 fully saturated rings. The highest BCUT2D eigenvalue weighted by atomic mass is 19.4. The molecule has 4 nitrogen and oxygen atoms in total. The van der Waals surface area contributed by atoms with Gasteiger partial charge in [-0.3, -0.25) is 10.6 Å².